The number of rotatable bonds is 6. The standard InChI is InChI=1S/C15H22N2O3/c1-10(2)7-8-11(3)16-15(20)17-13-6-4-5-12(9-13)14(18)19/h4-6,9-11H,7-8H2,1-3H3,(H,18,19)(H2,16,17,20). The zero-order valence-electron chi connectivity index (χ0n) is 12.1. The maximum atomic E-state index is 11.8. The number of anilines is 1. The molecule has 0 aromatic heterocycles. The summed E-state index contributed by atoms with van der Waals surface area (Å²) >= 11 is 0. The van der Waals surface area contributed by atoms with Crippen LogP contribution in [0, 0.1) is 5.92 Å². The van der Waals surface area contributed by atoms with E-state index in [1.807, 2.05) is 6.92 Å². The van der Waals surface area contributed by atoms with Crippen molar-refractivity contribution in [3.05, 3.63) is 29.8 Å². The first-order chi connectivity index (χ1) is 9.38. The summed E-state index contributed by atoms with van der Waals surface area (Å²) in [4.78, 5) is 22.6. The molecule has 110 valence electrons. The van der Waals surface area contributed by atoms with Gasteiger partial charge in [0.05, 0.1) is 5.56 Å². The van der Waals surface area contributed by atoms with Crippen LogP contribution >= 0.6 is 0 Å². The van der Waals surface area contributed by atoms with Gasteiger partial charge in [-0.1, -0.05) is 19.9 Å². The van der Waals surface area contributed by atoms with Gasteiger partial charge in [-0.05, 0) is 43.9 Å². The van der Waals surface area contributed by atoms with Crippen molar-refractivity contribution < 1.29 is 14.7 Å². The lowest BCUT2D eigenvalue weighted by Crippen LogP contribution is -2.36. The van der Waals surface area contributed by atoms with Crippen molar-refractivity contribution in [2.24, 2.45) is 5.92 Å². The number of carbonyl (C=O) groups is 2. The van der Waals surface area contributed by atoms with Gasteiger partial charge in [-0.25, -0.2) is 9.59 Å². The van der Waals surface area contributed by atoms with E-state index >= 15 is 0 Å². The summed E-state index contributed by atoms with van der Waals surface area (Å²) in [5, 5.41) is 14.4. The third-order valence-corrected chi connectivity index (χ3v) is 2.92. The molecule has 1 aromatic rings. The van der Waals surface area contributed by atoms with Crippen LogP contribution in [0.25, 0.3) is 0 Å². The molecule has 0 saturated heterocycles. The molecule has 3 N–H and O–H groups in total. The highest BCUT2D eigenvalue weighted by atomic mass is 16.4. The molecule has 0 aliphatic carbocycles. The van der Waals surface area contributed by atoms with Crippen LogP contribution in [0.15, 0.2) is 24.3 Å². The lowest BCUT2D eigenvalue weighted by atomic mass is 10.0. The Bertz CT molecular complexity index is 472. The fraction of sp³-hybridized carbons (Fsp3) is 0.467. The highest BCUT2D eigenvalue weighted by Gasteiger charge is 2.09. The second kappa shape index (κ2) is 7.53. The fourth-order valence-electron chi connectivity index (χ4n) is 1.78. The number of carbonyl (C=O) groups excluding carboxylic acids is 1. The number of nitrogens with one attached hydrogen (secondary N) is 2. The van der Waals surface area contributed by atoms with Gasteiger partial charge in [0.1, 0.15) is 0 Å². The van der Waals surface area contributed by atoms with Crippen molar-refractivity contribution in [2.45, 2.75) is 39.7 Å². The van der Waals surface area contributed by atoms with Crippen molar-refractivity contribution in [3.8, 4) is 0 Å². The van der Waals surface area contributed by atoms with Gasteiger partial charge in [-0.15, -0.1) is 0 Å². The summed E-state index contributed by atoms with van der Waals surface area (Å²) in [6.07, 6.45) is 1.97. The molecule has 0 aliphatic rings. The Hall–Kier alpha value is -2.04. The molecule has 1 atom stereocenters. The minimum Gasteiger partial charge on any atom is -0.478 e. The number of hydrogen-bond donors (Lipinski definition) is 3. The van der Waals surface area contributed by atoms with Gasteiger partial charge >= 0.3 is 12.0 Å². The van der Waals surface area contributed by atoms with Crippen LogP contribution in [0.1, 0.15) is 44.0 Å². The van der Waals surface area contributed by atoms with Crippen LogP contribution in [-0.4, -0.2) is 23.1 Å². The molecule has 0 aliphatic heterocycles. The second-order valence-corrected chi connectivity index (χ2v) is 5.36. The Balaban J connectivity index is 2.49. The molecular formula is C15H22N2O3. The third-order valence-electron chi connectivity index (χ3n) is 2.92. The maximum Gasteiger partial charge on any atom is 0.335 e. The van der Waals surface area contributed by atoms with E-state index in [9.17, 15) is 9.59 Å². The summed E-state index contributed by atoms with van der Waals surface area (Å²) in [5.41, 5.74) is 0.620. The zero-order chi connectivity index (χ0) is 15.1. The van der Waals surface area contributed by atoms with E-state index in [2.05, 4.69) is 24.5 Å². The van der Waals surface area contributed by atoms with Crippen LogP contribution < -0.4 is 10.6 Å². The average Bonchev–Trinajstić information content (AvgIpc) is 2.36. The molecule has 5 heteroatoms. The summed E-state index contributed by atoms with van der Waals surface area (Å²) in [6.45, 7) is 6.24. The Labute approximate surface area is 119 Å². The van der Waals surface area contributed by atoms with Gasteiger partial charge in [-0.2, -0.15) is 0 Å². The highest BCUT2D eigenvalue weighted by molar-refractivity contribution is 5.93. The van der Waals surface area contributed by atoms with Crippen LogP contribution in [-0.2, 0) is 0 Å². The first-order valence-electron chi connectivity index (χ1n) is 6.79. The highest BCUT2D eigenvalue weighted by Crippen LogP contribution is 2.11. The molecule has 0 heterocycles. The minimum absolute atomic E-state index is 0.0834. The van der Waals surface area contributed by atoms with Crippen molar-refractivity contribution in [2.75, 3.05) is 5.32 Å². The van der Waals surface area contributed by atoms with E-state index in [1.54, 1.807) is 12.1 Å². The molecule has 5 nitrogen and oxygen atoms in total. The Kier molecular flexibility index (Phi) is 6.03. The number of aromatic carboxylic acids is 1. The zero-order valence-corrected chi connectivity index (χ0v) is 12.1. The lowest BCUT2D eigenvalue weighted by molar-refractivity contribution is 0.0697. The summed E-state index contributed by atoms with van der Waals surface area (Å²) < 4.78 is 0. The SMILES string of the molecule is CC(C)CCC(C)NC(=O)Nc1cccc(C(=O)O)c1. The predicted octanol–water partition coefficient (Wildman–Crippen LogP) is 3.33. The number of hydrogen-bond acceptors (Lipinski definition) is 2. The molecule has 0 saturated carbocycles. The lowest BCUT2D eigenvalue weighted by Gasteiger charge is -2.15. The topological polar surface area (TPSA) is 78.4 Å². The second-order valence-electron chi connectivity index (χ2n) is 5.36. The number of carboxylic acids is 1. The molecule has 0 spiro atoms. The van der Waals surface area contributed by atoms with E-state index in [0.29, 0.717) is 11.6 Å². The smallest absolute Gasteiger partial charge is 0.335 e. The van der Waals surface area contributed by atoms with Crippen molar-refractivity contribution in [1.29, 1.82) is 0 Å². The summed E-state index contributed by atoms with van der Waals surface area (Å²) in [7, 11) is 0. The van der Waals surface area contributed by atoms with Crippen molar-refractivity contribution in [1.82, 2.24) is 5.32 Å². The van der Waals surface area contributed by atoms with Crippen molar-refractivity contribution in [3.63, 3.8) is 0 Å². The van der Waals surface area contributed by atoms with E-state index in [1.165, 1.54) is 12.1 Å². The van der Waals surface area contributed by atoms with Gasteiger partial charge in [0.2, 0.25) is 0 Å². The van der Waals surface area contributed by atoms with Gasteiger partial charge in [-0.3, -0.25) is 0 Å². The van der Waals surface area contributed by atoms with E-state index in [4.69, 9.17) is 5.11 Å². The quantitative estimate of drug-likeness (QED) is 0.746. The molecule has 1 rings (SSSR count). The molecule has 0 radical (unpaired) electrons. The third kappa shape index (κ3) is 5.73. The maximum absolute atomic E-state index is 11.8. The summed E-state index contributed by atoms with van der Waals surface area (Å²) in [5.74, 6) is -0.408. The molecule has 0 fully saturated rings. The van der Waals surface area contributed by atoms with Crippen LogP contribution in [0.2, 0.25) is 0 Å². The minimum atomic E-state index is -1.01. The first kappa shape index (κ1) is 16.0. The Morgan fingerprint density at radius 1 is 1.20 bits per heavy atom. The number of benzene rings is 1. The number of amides is 2. The van der Waals surface area contributed by atoms with Crippen LogP contribution in [0.5, 0.6) is 0 Å². The van der Waals surface area contributed by atoms with E-state index in [-0.39, 0.29) is 17.6 Å². The fourth-order valence-corrected chi connectivity index (χ4v) is 1.78. The molecular weight excluding hydrogens is 256 g/mol. The van der Waals surface area contributed by atoms with E-state index < -0.39 is 5.97 Å². The van der Waals surface area contributed by atoms with Gasteiger partial charge in [0, 0.05) is 11.7 Å². The van der Waals surface area contributed by atoms with Crippen molar-refractivity contribution >= 4 is 17.7 Å². The van der Waals surface area contributed by atoms with Crippen LogP contribution in [0.4, 0.5) is 10.5 Å². The van der Waals surface area contributed by atoms with Gasteiger partial charge in [0.15, 0.2) is 0 Å². The predicted molar refractivity (Wildman–Crippen MR) is 79.1 cm³/mol. The molecule has 1 aromatic carbocycles. The number of carboxylic acid groups (broad SMARTS) is 1. The van der Waals surface area contributed by atoms with E-state index in [0.717, 1.165) is 12.8 Å². The molecule has 2 amide bonds. The largest absolute Gasteiger partial charge is 0.478 e. The Morgan fingerprint density at radius 3 is 2.50 bits per heavy atom. The average molecular weight is 278 g/mol. The summed E-state index contributed by atoms with van der Waals surface area (Å²) in [6, 6.07) is 5.94. The normalized spacial score (nSPS) is 12.0. The molecule has 0 bridgehead atoms. The van der Waals surface area contributed by atoms with Gasteiger partial charge in [0.25, 0.3) is 0 Å². The van der Waals surface area contributed by atoms with Crippen LogP contribution in [0.3, 0.4) is 0 Å². The Morgan fingerprint density at radius 2 is 1.90 bits per heavy atom. The van der Waals surface area contributed by atoms with Gasteiger partial charge < -0.3 is 15.7 Å². The molecule has 1 unspecified atom stereocenters. The molecule has 20 heavy (non-hydrogen) atoms. The monoisotopic (exact) mass is 278 g/mol. The number of urea groups is 1. The first-order valence-corrected chi connectivity index (χ1v) is 6.79.